The second kappa shape index (κ2) is 4.13. The van der Waals surface area contributed by atoms with Crippen LogP contribution in [0.2, 0.25) is 0 Å². The van der Waals surface area contributed by atoms with Gasteiger partial charge in [-0.2, -0.15) is 0 Å². The van der Waals surface area contributed by atoms with Crippen molar-refractivity contribution < 1.29 is 0 Å². The summed E-state index contributed by atoms with van der Waals surface area (Å²) in [4.78, 5) is 29.5. The summed E-state index contributed by atoms with van der Waals surface area (Å²) in [6.07, 6.45) is 0. The van der Waals surface area contributed by atoms with Crippen molar-refractivity contribution >= 4 is 11.2 Å². The van der Waals surface area contributed by atoms with Gasteiger partial charge in [-0.25, -0.2) is 9.78 Å². The second-order valence-electron chi connectivity index (χ2n) is 3.99. The van der Waals surface area contributed by atoms with Crippen LogP contribution < -0.4 is 11.2 Å². The van der Waals surface area contributed by atoms with Gasteiger partial charge in [-0.3, -0.25) is 14.3 Å². The lowest BCUT2D eigenvalue weighted by Crippen LogP contribution is -2.29. The average molecular weight is 255 g/mol. The first-order valence-corrected chi connectivity index (χ1v) is 5.56. The molecule has 3 aromatic rings. The van der Waals surface area contributed by atoms with Gasteiger partial charge in [-0.15, -0.1) is 10.2 Å². The summed E-state index contributed by atoms with van der Waals surface area (Å²) in [6.45, 7) is 0. The molecule has 0 bridgehead atoms. The van der Waals surface area contributed by atoms with E-state index in [2.05, 4.69) is 20.2 Å². The van der Waals surface area contributed by atoms with Crippen molar-refractivity contribution in [1.29, 1.82) is 0 Å². The maximum atomic E-state index is 11.7. The molecule has 19 heavy (non-hydrogen) atoms. The maximum Gasteiger partial charge on any atom is 0.329 e. The molecule has 0 spiro atoms. The van der Waals surface area contributed by atoms with Gasteiger partial charge in [0.2, 0.25) is 0 Å². The van der Waals surface area contributed by atoms with E-state index >= 15 is 0 Å². The Morgan fingerprint density at radius 2 is 1.84 bits per heavy atom. The summed E-state index contributed by atoms with van der Waals surface area (Å²) >= 11 is 0. The molecule has 3 rings (SSSR count). The minimum absolute atomic E-state index is 0.0935. The first kappa shape index (κ1) is 11.3. The number of rotatable bonds is 1. The first-order valence-electron chi connectivity index (χ1n) is 5.56. The molecule has 0 amide bonds. The van der Waals surface area contributed by atoms with Crippen LogP contribution in [0.1, 0.15) is 0 Å². The Bertz CT molecular complexity index is 867. The highest BCUT2D eigenvalue weighted by Gasteiger charge is 2.10. The minimum atomic E-state index is -0.565. The zero-order valence-corrected chi connectivity index (χ0v) is 9.99. The Hall–Kier alpha value is -2.83. The van der Waals surface area contributed by atoms with Crippen molar-refractivity contribution in [2.75, 3.05) is 0 Å². The van der Waals surface area contributed by atoms with Gasteiger partial charge in [0.15, 0.2) is 17.0 Å². The van der Waals surface area contributed by atoms with Gasteiger partial charge in [-0.1, -0.05) is 30.3 Å². The lowest BCUT2D eigenvalue weighted by molar-refractivity contribution is 0.806. The highest BCUT2D eigenvalue weighted by atomic mass is 16.2. The fourth-order valence-corrected chi connectivity index (χ4v) is 1.74. The van der Waals surface area contributed by atoms with Crippen LogP contribution in [0.15, 0.2) is 39.9 Å². The normalized spacial score (nSPS) is 10.8. The molecular formula is C12H9N5O2. The summed E-state index contributed by atoms with van der Waals surface area (Å²) in [5.41, 5.74) is -0.0965. The molecule has 0 unspecified atom stereocenters. The van der Waals surface area contributed by atoms with Crippen LogP contribution in [-0.4, -0.2) is 24.7 Å². The summed E-state index contributed by atoms with van der Waals surface area (Å²) in [6, 6.07) is 9.19. The molecule has 7 heteroatoms. The largest absolute Gasteiger partial charge is 0.329 e. The number of hydrogen-bond donors (Lipinski definition) is 1. The topological polar surface area (TPSA) is 93.5 Å². The lowest BCUT2D eigenvalue weighted by Gasteiger charge is -2.03. The number of nitrogens with one attached hydrogen (secondary N) is 1. The molecule has 0 radical (unpaired) electrons. The highest BCUT2D eigenvalue weighted by molar-refractivity contribution is 5.70. The lowest BCUT2D eigenvalue weighted by atomic mass is 10.2. The number of H-pyrrole nitrogens is 1. The quantitative estimate of drug-likeness (QED) is 0.664. The molecule has 2 heterocycles. The van der Waals surface area contributed by atoms with Crippen molar-refractivity contribution in [3.05, 3.63) is 51.2 Å². The average Bonchev–Trinajstić information content (AvgIpc) is 2.45. The van der Waals surface area contributed by atoms with E-state index < -0.39 is 11.2 Å². The van der Waals surface area contributed by atoms with Crippen LogP contribution in [0.25, 0.3) is 22.6 Å². The number of aromatic nitrogens is 5. The van der Waals surface area contributed by atoms with Gasteiger partial charge in [-0.05, 0) is 0 Å². The van der Waals surface area contributed by atoms with Crippen LogP contribution >= 0.6 is 0 Å². The van der Waals surface area contributed by atoms with Gasteiger partial charge >= 0.3 is 5.69 Å². The molecule has 1 N–H and O–H groups in total. The van der Waals surface area contributed by atoms with E-state index in [4.69, 9.17) is 0 Å². The molecule has 0 fully saturated rings. The Labute approximate surface area is 106 Å². The summed E-state index contributed by atoms with van der Waals surface area (Å²) in [5, 5.41) is 7.86. The van der Waals surface area contributed by atoms with Gasteiger partial charge < -0.3 is 0 Å². The molecule has 1 aromatic carbocycles. The molecule has 94 valence electrons. The van der Waals surface area contributed by atoms with Crippen LogP contribution in [-0.2, 0) is 7.05 Å². The molecule has 2 aromatic heterocycles. The number of aryl methyl sites for hydroxylation is 1. The summed E-state index contributed by atoms with van der Waals surface area (Å²) in [5.74, 6) is 0.345. The van der Waals surface area contributed by atoms with E-state index in [9.17, 15) is 9.59 Å². The molecule has 0 saturated carbocycles. The fraction of sp³-hybridized carbons (Fsp3) is 0.0833. The van der Waals surface area contributed by atoms with E-state index in [0.717, 1.165) is 5.56 Å². The first-order chi connectivity index (χ1) is 9.16. The molecule has 0 aliphatic heterocycles. The standard InChI is InChI=1S/C12H9N5O2/c1-17-10-8(11(18)14-12(17)19)13-9(15-16-10)7-5-3-2-4-6-7/h2-6H,1H3,(H,14,18,19). The van der Waals surface area contributed by atoms with Crippen molar-refractivity contribution in [3.8, 4) is 11.4 Å². The van der Waals surface area contributed by atoms with Crippen LogP contribution in [0.5, 0.6) is 0 Å². The number of fused-ring (bicyclic) bond motifs is 1. The number of nitrogens with zero attached hydrogens (tertiary/aromatic N) is 4. The number of aromatic amines is 1. The number of hydrogen-bond acceptors (Lipinski definition) is 5. The molecular weight excluding hydrogens is 246 g/mol. The summed E-state index contributed by atoms with van der Waals surface area (Å²) in [7, 11) is 1.50. The highest BCUT2D eigenvalue weighted by Crippen LogP contribution is 2.13. The smallest absolute Gasteiger partial charge is 0.278 e. The van der Waals surface area contributed by atoms with E-state index in [1.54, 1.807) is 0 Å². The van der Waals surface area contributed by atoms with Gasteiger partial charge in [0.05, 0.1) is 0 Å². The molecule has 0 saturated heterocycles. The fourth-order valence-electron chi connectivity index (χ4n) is 1.74. The van der Waals surface area contributed by atoms with Crippen LogP contribution in [0, 0.1) is 0 Å². The zero-order valence-electron chi connectivity index (χ0n) is 9.99. The molecule has 0 aliphatic carbocycles. The monoisotopic (exact) mass is 255 g/mol. The minimum Gasteiger partial charge on any atom is -0.278 e. The predicted octanol–water partition coefficient (Wildman–Crippen LogP) is 0.0788. The third-order valence-electron chi connectivity index (χ3n) is 2.76. The van der Waals surface area contributed by atoms with Crippen molar-refractivity contribution in [3.63, 3.8) is 0 Å². The Morgan fingerprint density at radius 3 is 2.58 bits per heavy atom. The molecule has 0 aliphatic rings. The van der Waals surface area contributed by atoms with Crippen molar-refractivity contribution in [2.45, 2.75) is 0 Å². The van der Waals surface area contributed by atoms with Gasteiger partial charge in [0.25, 0.3) is 5.56 Å². The van der Waals surface area contributed by atoms with Crippen LogP contribution in [0.3, 0.4) is 0 Å². The Morgan fingerprint density at radius 1 is 1.11 bits per heavy atom. The van der Waals surface area contributed by atoms with Crippen LogP contribution in [0.4, 0.5) is 0 Å². The number of benzene rings is 1. The Kier molecular flexibility index (Phi) is 2.45. The SMILES string of the molecule is Cn1c(=O)[nH]c(=O)c2nc(-c3ccccc3)nnc21. The van der Waals surface area contributed by atoms with Gasteiger partial charge in [0, 0.05) is 12.6 Å². The zero-order chi connectivity index (χ0) is 13.4. The van der Waals surface area contributed by atoms with E-state index in [1.807, 2.05) is 30.3 Å². The second-order valence-corrected chi connectivity index (χ2v) is 3.99. The third-order valence-corrected chi connectivity index (χ3v) is 2.76. The van der Waals surface area contributed by atoms with E-state index in [-0.39, 0.29) is 11.2 Å². The summed E-state index contributed by atoms with van der Waals surface area (Å²) < 4.78 is 1.20. The predicted molar refractivity (Wildman–Crippen MR) is 68.6 cm³/mol. The Balaban J connectivity index is 2.34. The third kappa shape index (κ3) is 1.81. The van der Waals surface area contributed by atoms with E-state index in [0.29, 0.717) is 5.82 Å². The maximum absolute atomic E-state index is 11.7. The van der Waals surface area contributed by atoms with Crippen molar-refractivity contribution in [1.82, 2.24) is 24.7 Å². The van der Waals surface area contributed by atoms with E-state index in [1.165, 1.54) is 11.6 Å². The molecule has 7 nitrogen and oxygen atoms in total. The molecule has 0 atom stereocenters. The van der Waals surface area contributed by atoms with Gasteiger partial charge in [0.1, 0.15) is 0 Å². The van der Waals surface area contributed by atoms with Crippen molar-refractivity contribution in [2.24, 2.45) is 7.05 Å².